The van der Waals surface area contributed by atoms with Gasteiger partial charge in [-0.15, -0.1) is 0 Å². The van der Waals surface area contributed by atoms with Crippen LogP contribution in [-0.2, 0) is 10.0 Å². The third kappa shape index (κ3) is 2.57. The van der Waals surface area contributed by atoms with Crippen molar-refractivity contribution in [2.75, 3.05) is 17.1 Å². The molecule has 0 bridgehead atoms. The van der Waals surface area contributed by atoms with Gasteiger partial charge in [-0.1, -0.05) is 11.6 Å². The lowest BCUT2D eigenvalue weighted by atomic mass is 10.2. The van der Waals surface area contributed by atoms with Crippen LogP contribution in [0, 0.1) is 6.92 Å². The fourth-order valence-electron chi connectivity index (χ4n) is 1.75. The maximum absolute atomic E-state index is 12.5. The molecule has 2 rings (SSSR count). The Bertz CT molecular complexity index is 710. The summed E-state index contributed by atoms with van der Waals surface area (Å²) in [4.78, 5) is 4.01. The summed E-state index contributed by atoms with van der Waals surface area (Å²) in [6, 6.07) is 6.19. The molecular formula is C13H14ClN3O2S. The molecule has 5 nitrogen and oxygen atoms in total. The summed E-state index contributed by atoms with van der Waals surface area (Å²) < 4.78 is 26.3. The number of aromatic nitrogens is 1. The summed E-state index contributed by atoms with van der Waals surface area (Å²) in [5, 5.41) is 0.369. The van der Waals surface area contributed by atoms with Gasteiger partial charge in [0, 0.05) is 13.2 Å². The van der Waals surface area contributed by atoms with Crippen molar-refractivity contribution >= 4 is 33.0 Å². The minimum Gasteiger partial charge on any atom is -0.397 e. The van der Waals surface area contributed by atoms with Gasteiger partial charge in [0.05, 0.1) is 27.5 Å². The number of rotatable bonds is 3. The van der Waals surface area contributed by atoms with Gasteiger partial charge in [-0.3, -0.25) is 9.29 Å². The topological polar surface area (TPSA) is 76.3 Å². The van der Waals surface area contributed by atoms with Crippen molar-refractivity contribution in [3.8, 4) is 0 Å². The number of hydrogen-bond donors (Lipinski definition) is 1. The maximum Gasteiger partial charge on any atom is 0.264 e. The SMILES string of the molecule is Cc1cc(S(=O)(=O)N(C)c2cccnc2)cc(N)c1Cl. The molecule has 0 amide bonds. The normalized spacial score (nSPS) is 11.3. The van der Waals surface area contributed by atoms with Crippen molar-refractivity contribution in [1.29, 1.82) is 0 Å². The lowest BCUT2D eigenvalue weighted by Gasteiger charge is -2.19. The number of nitrogen functional groups attached to an aromatic ring is 1. The molecule has 20 heavy (non-hydrogen) atoms. The average molecular weight is 312 g/mol. The summed E-state index contributed by atoms with van der Waals surface area (Å²) >= 11 is 5.95. The van der Waals surface area contributed by atoms with E-state index in [1.165, 1.54) is 25.4 Å². The molecule has 106 valence electrons. The molecule has 0 spiro atoms. The summed E-state index contributed by atoms with van der Waals surface area (Å²) in [6.07, 6.45) is 3.05. The van der Waals surface area contributed by atoms with Crippen LogP contribution in [0.4, 0.5) is 11.4 Å². The fourth-order valence-corrected chi connectivity index (χ4v) is 3.16. The lowest BCUT2D eigenvalue weighted by molar-refractivity contribution is 0.594. The van der Waals surface area contributed by atoms with E-state index in [1.807, 2.05) is 0 Å². The smallest absolute Gasteiger partial charge is 0.264 e. The van der Waals surface area contributed by atoms with Crippen molar-refractivity contribution < 1.29 is 8.42 Å². The van der Waals surface area contributed by atoms with Gasteiger partial charge in [-0.25, -0.2) is 8.42 Å². The molecule has 0 unspecified atom stereocenters. The van der Waals surface area contributed by atoms with E-state index in [9.17, 15) is 8.42 Å². The van der Waals surface area contributed by atoms with E-state index in [0.29, 0.717) is 16.3 Å². The van der Waals surface area contributed by atoms with E-state index in [0.717, 1.165) is 4.31 Å². The molecule has 7 heteroatoms. The highest BCUT2D eigenvalue weighted by atomic mass is 35.5. The van der Waals surface area contributed by atoms with E-state index < -0.39 is 10.0 Å². The molecule has 1 aromatic carbocycles. The highest BCUT2D eigenvalue weighted by Crippen LogP contribution is 2.29. The molecule has 2 N–H and O–H groups in total. The van der Waals surface area contributed by atoms with Crippen LogP contribution in [0.3, 0.4) is 0 Å². The van der Waals surface area contributed by atoms with E-state index in [4.69, 9.17) is 17.3 Å². The van der Waals surface area contributed by atoms with E-state index in [-0.39, 0.29) is 10.6 Å². The Morgan fingerprint density at radius 3 is 2.60 bits per heavy atom. The maximum atomic E-state index is 12.5. The summed E-state index contributed by atoms with van der Waals surface area (Å²) in [5.41, 5.74) is 7.06. The monoisotopic (exact) mass is 311 g/mol. The van der Waals surface area contributed by atoms with Crippen molar-refractivity contribution in [3.63, 3.8) is 0 Å². The van der Waals surface area contributed by atoms with Gasteiger partial charge in [0.25, 0.3) is 10.0 Å². The van der Waals surface area contributed by atoms with Crippen LogP contribution in [0.1, 0.15) is 5.56 Å². The molecular weight excluding hydrogens is 298 g/mol. The molecule has 1 aromatic heterocycles. The molecule has 0 fully saturated rings. The van der Waals surface area contributed by atoms with Crippen molar-refractivity contribution in [3.05, 3.63) is 47.2 Å². The zero-order valence-corrected chi connectivity index (χ0v) is 12.6. The first-order chi connectivity index (χ1) is 9.34. The second-order valence-electron chi connectivity index (χ2n) is 4.33. The van der Waals surface area contributed by atoms with Gasteiger partial charge in [-0.2, -0.15) is 0 Å². The molecule has 0 radical (unpaired) electrons. The molecule has 1 heterocycles. The Balaban J connectivity index is 2.51. The average Bonchev–Trinajstić information content (AvgIpc) is 2.44. The van der Waals surface area contributed by atoms with Crippen molar-refractivity contribution in [2.45, 2.75) is 11.8 Å². The highest BCUT2D eigenvalue weighted by Gasteiger charge is 2.23. The molecule has 0 aliphatic carbocycles. The molecule has 0 saturated carbocycles. The molecule has 2 aromatic rings. The number of nitrogens with two attached hydrogens (primary N) is 1. The van der Waals surface area contributed by atoms with Gasteiger partial charge in [-0.05, 0) is 36.8 Å². The van der Waals surface area contributed by atoms with Crippen LogP contribution >= 0.6 is 11.6 Å². The van der Waals surface area contributed by atoms with Gasteiger partial charge in [0.1, 0.15) is 0 Å². The first-order valence-corrected chi connectivity index (χ1v) is 7.60. The predicted molar refractivity (Wildman–Crippen MR) is 80.4 cm³/mol. The van der Waals surface area contributed by atoms with Gasteiger partial charge in [0.2, 0.25) is 0 Å². The van der Waals surface area contributed by atoms with E-state index >= 15 is 0 Å². The van der Waals surface area contributed by atoms with Gasteiger partial charge in [0.15, 0.2) is 0 Å². The van der Waals surface area contributed by atoms with Crippen molar-refractivity contribution in [2.24, 2.45) is 0 Å². The first kappa shape index (κ1) is 14.6. The largest absolute Gasteiger partial charge is 0.397 e. The molecule has 0 atom stereocenters. The number of halogens is 1. The minimum atomic E-state index is -3.70. The number of anilines is 2. The van der Waals surface area contributed by atoms with E-state index in [2.05, 4.69) is 4.98 Å². The standard InChI is InChI=1S/C13H14ClN3O2S/c1-9-6-11(7-12(15)13(9)14)20(18,19)17(2)10-4-3-5-16-8-10/h3-8H,15H2,1-2H3. The molecule has 0 saturated heterocycles. The van der Waals surface area contributed by atoms with Crippen LogP contribution in [0.5, 0.6) is 0 Å². The molecule has 0 aliphatic heterocycles. The highest BCUT2D eigenvalue weighted by molar-refractivity contribution is 7.92. The van der Waals surface area contributed by atoms with Crippen LogP contribution < -0.4 is 10.0 Å². The number of nitrogens with zero attached hydrogens (tertiary/aromatic N) is 2. The van der Waals surface area contributed by atoms with Crippen LogP contribution in [0.15, 0.2) is 41.6 Å². The Morgan fingerprint density at radius 2 is 2.05 bits per heavy atom. The summed E-state index contributed by atoms with van der Waals surface area (Å²) in [5.74, 6) is 0. The Hall–Kier alpha value is -1.79. The fraction of sp³-hybridized carbons (Fsp3) is 0.154. The second kappa shape index (κ2) is 5.30. The van der Waals surface area contributed by atoms with Gasteiger partial charge >= 0.3 is 0 Å². The molecule has 0 aliphatic rings. The summed E-state index contributed by atoms with van der Waals surface area (Å²) in [7, 11) is -2.23. The predicted octanol–water partition coefficient (Wildman–Crippen LogP) is 2.45. The Morgan fingerprint density at radius 1 is 1.35 bits per heavy atom. The van der Waals surface area contributed by atoms with Crippen LogP contribution in [-0.4, -0.2) is 20.4 Å². The van der Waals surface area contributed by atoms with Crippen molar-refractivity contribution in [1.82, 2.24) is 4.98 Å². The zero-order chi connectivity index (χ0) is 14.9. The Kier molecular flexibility index (Phi) is 3.87. The minimum absolute atomic E-state index is 0.100. The first-order valence-electron chi connectivity index (χ1n) is 5.78. The Labute approximate surface area is 123 Å². The van der Waals surface area contributed by atoms with Gasteiger partial charge < -0.3 is 5.73 Å². The van der Waals surface area contributed by atoms with Crippen LogP contribution in [0.2, 0.25) is 5.02 Å². The number of aryl methyl sites for hydroxylation is 1. The number of benzene rings is 1. The van der Waals surface area contributed by atoms with E-state index in [1.54, 1.807) is 25.3 Å². The lowest BCUT2D eigenvalue weighted by Crippen LogP contribution is -2.26. The third-order valence-electron chi connectivity index (χ3n) is 2.92. The number of hydrogen-bond acceptors (Lipinski definition) is 4. The third-order valence-corrected chi connectivity index (χ3v) is 5.20. The number of sulfonamides is 1. The zero-order valence-electron chi connectivity index (χ0n) is 11.0. The number of pyridine rings is 1. The second-order valence-corrected chi connectivity index (χ2v) is 6.67. The quantitative estimate of drug-likeness (QED) is 0.883. The van der Waals surface area contributed by atoms with Crippen LogP contribution in [0.25, 0.3) is 0 Å². The summed E-state index contributed by atoms with van der Waals surface area (Å²) in [6.45, 7) is 1.71.